The van der Waals surface area contributed by atoms with E-state index in [-0.39, 0.29) is 11.9 Å². The summed E-state index contributed by atoms with van der Waals surface area (Å²) in [6, 6.07) is 10.9. The summed E-state index contributed by atoms with van der Waals surface area (Å²) in [6.45, 7) is 6.62. The molecular formula is C27H37N7O2. The summed E-state index contributed by atoms with van der Waals surface area (Å²) in [5.41, 5.74) is 4.78. The van der Waals surface area contributed by atoms with Crippen LogP contribution in [0.5, 0.6) is 0 Å². The quantitative estimate of drug-likeness (QED) is 0.566. The molecule has 36 heavy (non-hydrogen) atoms. The summed E-state index contributed by atoms with van der Waals surface area (Å²) < 4.78 is 0. The number of carbonyl (C=O) groups excluding carboxylic acids is 1. The smallest absolute Gasteiger partial charge is 0.219 e. The predicted molar refractivity (Wildman–Crippen MR) is 142 cm³/mol. The fourth-order valence-corrected chi connectivity index (χ4v) is 5.44. The monoisotopic (exact) mass is 491 g/mol. The van der Waals surface area contributed by atoms with Gasteiger partial charge in [-0.1, -0.05) is 24.3 Å². The van der Waals surface area contributed by atoms with Crippen molar-refractivity contribution < 1.29 is 9.90 Å². The van der Waals surface area contributed by atoms with Crippen molar-refractivity contribution in [1.29, 1.82) is 0 Å². The highest BCUT2D eigenvalue weighted by atomic mass is 16.3. The lowest BCUT2D eigenvalue weighted by atomic mass is 10.00. The first-order chi connectivity index (χ1) is 17.5. The van der Waals surface area contributed by atoms with Gasteiger partial charge in [-0.25, -0.2) is 9.98 Å². The highest BCUT2D eigenvalue weighted by molar-refractivity contribution is 6.07. The summed E-state index contributed by atoms with van der Waals surface area (Å²) in [5, 5.41) is 17.8. The standard InChI is InChI=1S/C27H37N7O2/c1-19(35)34-13-9-22(10-14-34)31-26-24-7-11-28-27(25(24)32(2)18-30-26)29-15-23(36)17-33-12-8-20-5-3-4-6-21(20)16-33/h3-7,11,22-23,36H,8-10,12-18H2,1-2H3,(H,28,29)(H,30,31)/t23-/m1/s1. The number of pyridine rings is 1. The third-order valence-corrected chi connectivity index (χ3v) is 7.47. The SMILES string of the molecule is CC(=O)N1CCC(NC2=NCN(C)c3c2ccnc3NC[C@@H](O)CN2CCc3ccccc3C2)CC1. The van der Waals surface area contributed by atoms with Crippen LogP contribution in [0.1, 0.15) is 36.5 Å². The Kier molecular flexibility index (Phi) is 7.38. The van der Waals surface area contributed by atoms with Crippen LogP contribution < -0.4 is 15.5 Å². The van der Waals surface area contributed by atoms with Crippen molar-refractivity contribution in [3.63, 3.8) is 0 Å². The lowest BCUT2D eigenvalue weighted by Crippen LogP contribution is -2.47. The van der Waals surface area contributed by atoms with Gasteiger partial charge >= 0.3 is 0 Å². The van der Waals surface area contributed by atoms with Gasteiger partial charge in [-0.05, 0) is 36.5 Å². The molecule has 9 nitrogen and oxygen atoms in total. The van der Waals surface area contributed by atoms with Gasteiger partial charge in [0.2, 0.25) is 5.91 Å². The average molecular weight is 492 g/mol. The normalized spacial score (nSPS) is 19.2. The molecule has 1 fully saturated rings. The number of hydrogen-bond acceptors (Lipinski definition) is 8. The number of anilines is 2. The second kappa shape index (κ2) is 10.8. The summed E-state index contributed by atoms with van der Waals surface area (Å²) >= 11 is 0. The highest BCUT2D eigenvalue weighted by Gasteiger charge is 2.27. The zero-order valence-corrected chi connectivity index (χ0v) is 21.3. The Labute approximate surface area is 213 Å². The van der Waals surface area contributed by atoms with Crippen LogP contribution in [0.2, 0.25) is 0 Å². The highest BCUT2D eigenvalue weighted by Crippen LogP contribution is 2.30. The molecule has 5 rings (SSSR count). The number of aliphatic hydroxyl groups is 1. The topological polar surface area (TPSA) is 96.3 Å². The van der Waals surface area contributed by atoms with E-state index < -0.39 is 6.10 Å². The molecule has 0 bridgehead atoms. The summed E-state index contributed by atoms with van der Waals surface area (Å²) in [6.07, 6.45) is 4.14. The van der Waals surface area contributed by atoms with E-state index in [0.717, 1.165) is 68.3 Å². The van der Waals surface area contributed by atoms with Gasteiger partial charge in [0.1, 0.15) is 18.3 Å². The molecule has 1 aromatic carbocycles. The van der Waals surface area contributed by atoms with Crippen LogP contribution in [0, 0.1) is 0 Å². The second-order valence-electron chi connectivity index (χ2n) is 10.1. The third kappa shape index (κ3) is 5.47. The Morgan fingerprint density at radius 2 is 1.94 bits per heavy atom. The second-order valence-corrected chi connectivity index (χ2v) is 10.1. The molecule has 0 radical (unpaired) electrons. The zero-order chi connectivity index (χ0) is 25.1. The number of likely N-dealkylation sites (tertiary alicyclic amines) is 1. The number of piperidine rings is 1. The van der Waals surface area contributed by atoms with E-state index in [1.54, 1.807) is 13.1 Å². The van der Waals surface area contributed by atoms with Crippen molar-refractivity contribution in [2.75, 3.05) is 56.7 Å². The van der Waals surface area contributed by atoms with Gasteiger partial charge in [-0.2, -0.15) is 0 Å². The molecule has 2 aromatic rings. The van der Waals surface area contributed by atoms with Crippen LogP contribution >= 0.6 is 0 Å². The molecule has 3 aliphatic rings. The van der Waals surface area contributed by atoms with Gasteiger partial charge in [-0.3, -0.25) is 9.69 Å². The molecule has 9 heteroatoms. The van der Waals surface area contributed by atoms with E-state index in [2.05, 4.69) is 49.7 Å². The van der Waals surface area contributed by atoms with Gasteiger partial charge in [0.25, 0.3) is 0 Å². The van der Waals surface area contributed by atoms with Gasteiger partial charge < -0.3 is 25.5 Å². The number of aromatic nitrogens is 1. The fourth-order valence-electron chi connectivity index (χ4n) is 5.44. The average Bonchev–Trinajstić information content (AvgIpc) is 2.89. The number of nitrogens with zero attached hydrogens (tertiary/aromatic N) is 5. The third-order valence-electron chi connectivity index (χ3n) is 7.47. The molecule has 1 amide bonds. The van der Waals surface area contributed by atoms with Gasteiger partial charge in [0, 0.05) is 71.0 Å². The molecular weight excluding hydrogens is 454 g/mol. The van der Waals surface area contributed by atoms with E-state index >= 15 is 0 Å². The molecule has 192 valence electrons. The number of hydrogen-bond donors (Lipinski definition) is 3. The number of amidine groups is 1. The van der Waals surface area contributed by atoms with E-state index in [4.69, 9.17) is 4.99 Å². The molecule has 1 saturated heterocycles. The van der Waals surface area contributed by atoms with Crippen LogP contribution in [0.4, 0.5) is 11.5 Å². The van der Waals surface area contributed by atoms with Gasteiger partial charge in [0.15, 0.2) is 0 Å². The van der Waals surface area contributed by atoms with Crippen LogP contribution in [-0.2, 0) is 17.8 Å². The fraction of sp³-hybridized carbons (Fsp3) is 0.519. The van der Waals surface area contributed by atoms with Crippen molar-refractivity contribution in [2.24, 2.45) is 4.99 Å². The maximum atomic E-state index is 11.6. The number of fused-ring (bicyclic) bond motifs is 2. The van der Waals surface area contributed by atoms with Crippen molar-refractivity contribution in [3.05, 3.63) is 53.2 Å². The number of nitrogens with one attached hydrogen (secondary N) is 2. The number of carbonyl (C=O) groups is 1. The van der Waals surface area contributed by atoms with Crippen LogP contribution in [0.25, 0.3) is 0 Å². The molecule has 0 aliphatic carbocycles. The first kappa shape index (κ1) is 24.5. The minimum Gasteiger partial charge on any atom is -0.390 e. The number of aliphatic imine (C=N–C) groups is 1. The van der Waals surface area contributed by atoms with Gasteiger partial charge in [0.05, 0.1) is 11.8 Å². The Hall–Kier alpha value is -3.17. The predicted octanol–water partition coefficient (Wildman–Crippen LogP) is 1.67. The summed E-state index contributed by atoms with van der Waals surface area (Å²) in [5.74, 6) is 1.78. The van der Waals surface area contributed by atoms with E-state index in [0.29, 0.717) is 19.8 Å². The summed E-state index contributed by atoms with van der Waals surface area (Å²) in [4.78, 5) is 27.3. The molecule has 0 unspecified atom stereocenters. The van der Waals surface area contributed by atoms with Crippen molar-refractivity contribution in [3.8, 4) is 0 Å². The number of rotatable bonds is 6. The summed E-state index contributed by atoms with van der Waals surface area (Å²) in [7, 11) is 2.01. The number of benzene rings is 1. The molecule has 0 saturated carbocycles. The first-order valence-corrected chi connectivity index (χ1v) is 13.0. The Balaban J connectivity index is 1.19. The maximum absolute atomic E-state index is 11.6. The number of aliphatic hydroxyl groups excluding tert-OH is 1. The van der Waals surface area contributed by atoms with E-state index in [1.165, 1.54) is 11.1 Å². The van der Waals surface area contributed by atoms with E-state index in [9.17, 15) is 9.90 Å². The Bertz CT molecular complexity index is 1110. The molecule has 4 heterocycles. The molecule has 0 spiro atoms. The van der Waals surface area contributed by atoms with Crippen molar-refractivity contribution >= 4 is 23.2 Å². The maximum Gasteiger partial charge on any atom is 0.219 e. The zero-order valence-electron chi connectivity index (χ0n) is 21.3. The molecule has 3 N–H and O–H groups in total. The Morgan fingerprint density at radius 1 is 1.17 bits per heavy atom. The molecule has 3 aliphatic heterocycles. The van der Waals surface area contributed by atoms with E-state index in [1.807, 2.05) is 18.0 Å². The minimum atomic E-state index is -0.500. The van der Waals surface area contributed by atoms with Crippen LogP contribution in [0.15, 0.2) is 41.5 Å². The number of β-amino-alcohol motifs (C(OH)–C–C–N with tert-alkyl or cyclic N) is 1. The Morgan fingerprint density at radius 3 is 2.72 bits per heavy atom. The minimum absolute atomic E-state index is 0.143. The van der Waals surface area contributed by atoms with Crippen LogP contribution in [-0.4, -0.2) is 90.2 Å². The molecule has 1 aromatic heterocycles. The van der Waals surface area contributed by atoms with Gasteiger partial charge in [-0.15, -0.1) is 0 Å². The lowest BCUT2D eigenvalue weighted by Gasteiger charge is -2.34. The van der Waals surface area contributed by atoms with Crippen LogP contribution in [0.3, 0.4) is 0 Å². The largest absolute Gasteiger partial charge is 0.390 e. The first-order valence-electron chi connectivity index (χ1n) is 13.0. The number of amides is 1. The lowest BCUT2D eigenvalue weighted by molar-refractivity contribution is -0.129. The van der Waals surface area contributed by atoms with Crippen molar-refractivity contribution in [1.82, 2.24) is 20.1 Å². The molecule has 1 atom stereocenters. The van der Waals surface area contributed by atoms with Crippen molar-refractivity contribution in [2.45, 2.75) is 44.9 Å².